The second kappa shape index (κ2) is 7.76. The van der Waals surface area contributed by atoms with Crippen LogP contribution in [0.25, 0.3) is 5.57 Å². The van der Waals surface area contributed by atoms with Crippen LogP contribution in [0.2, 0.25) is 0 Å². The average Bonchev–Trinajstić information content (AvgIpc) is 3.34. The van der Waals surface area contributed by atoms with Crippen LogP contribution in [0.5, 0.6) is 0 Å². The molecule has 6 nitrogen and oxygen atoms in total. The van der Waals surface area contributed by atoms with Crippen molar-refractivity contribution < 1.29 is 14.3 Å². The first-order valence-electron chi connectivity index (χ1n) is 10.7. The number of carbonyl (C=O) groups is 1. The highest BCUT2D eigenvalue weighted by atomic mass is 16.5. The van der Waals surface area contributed by atoms with Gasteiger partial charge in [0.1, 0.15) is 0 Å². The molecule has 1 aromatic carbocycles. The van der Waals surface area contributed by atoms with Gasteiger partial charge in [-0.3, -0.25) is 4.79 Å². The number of morpholine rings is 1. The molecule has 1 saturated carbocycles. The van der Waals surface area contributed by atoms with E-state index in [-0.39, 0.29) is 11.9 Å². The van der Waals surface area contributed by atoms with Crippen molar-refractivity contribution in [2.45, 2.75) is 50.6 Å². The molecule has 150 valence electrons. The minimum atomic E-state index is 0.105. The molecule has 0 unspecified atom stereocenters. The van der Waals surface area contributed by atoms with Gasteiger partial charge in [-0.2, -0.15) is 0 Å². The van der Waals surface area contributed by atoms with Gasteiger partial charge in [-0.25, -0.2) is 0 Å². The zero-order valence-electron chi connectivity index (χ0n) is 16.3. The fourth-order valence-electron chi connectivity index (χ4n) is 4.94. The number of ether oxygens (including phenoxy) is 2. The molecular weight excluding hydrogens is 354 g/mol. The minimum Gasteiger partial charge on any atom is -0.383 e. The maximum atomic E-state index is 13.5. The van der Waals surface area contributed by atoms with E-state index in [9.17, 15) is 4.79 Å². The van der Waals surface area contributed by atoms with Crippen LogP contribution >= 0.6 is 0 Å². The second-order valence-corrected chi connectivity index (χ2v) is 8.21. The highest BCUT2D eigenvalue weighted by Gasteiger charge is 2.39. The molecule has 4 aliphatic rings. The van der Waals surface area contributed by atoms with Crippen molar-refractivity contribution in [3.63, 3.8) is 0 Å². The molecule has 1 aliphatic carbocycles. The van der Waals surface area contributed by atoms with Crippen LogP contribution in [0.15, 0.2) is 23.9 Å². The van der Waals surface area contributed by atoms with Gasteiger partial charge in [-0.05, 0) is 43.9 Å². The number of hydrogen-bond acceptors (Lipinski definition) is 5. The summed E-state index contributed by atoms with van der Waals surface area (Å²) in [5.74, 6) is 0.105. The van der Waals surface area contributed by atoms with Crippen molar-refractivity contribution in [2.75, 3.05) is 43.2 Å². The molecule has 5 rings (SSSR count). The highest BCUT2D eigenvalue weighted by molar-refractivity contribution is 6.33. The lowest BCUT2D eigenvalue weighted by atomic mass is 10.0. The summed E-state index contributed by atoms with van der Waals surface area (Å²) in [4.78, 5) is 15.5. The molecule has 3 heterocycles. The normalized spacial score (nSPS) is 26.4. The quantitative estimate of drug-likeness (QED) is 0.786. The Balaban J connectivity index is 1.53. The van der Waals surface area contributed by atoms with Crippen molar-refractivity contribution in [3.05, 3.63) is 29.5 Å². The summed E-state index contributed by atoms with van der Waals surface area (Å²) in [5.41, 5.74) is 4.89. The van der Waals surface area contributed by atoms with Crippen LogP contribution in [0.1, 0.15) is 44.1 Å². The number of fused-ring (bicyclic) bond motifs is 1. The Labute approximate surface area is 166 Å². The molecule has 6 heteroatoms. The van der Waals surface area contributed by atoms with Gasteiger partial charge in [0.2, 0.25) is 0 Å². The largest absolute Gasteiger partial charge is 0.383 e. The number of anilines is 2. The van der Waals surface area contributed by atoms with E-state index < -0.39 is 0 Å². The van der Waals surface area contributed by atoms with E-state index in [0.29, 0.717) is 19.3 Å². The fourth-order valence-corrected chi connectivity index (χ4v) is 4.94. The van der Waals surface area contributed by atoms with E-state index >= 15 is 0 Å². The van der Waals surface area contributed by atoms with Crippen LogP contribution in [-0.4, -0.2) is 51.0 Å². The summed E-state index contributed by atoms with van der Waals surface area (Å²) in [6, 6.07) is 7.18. The topological polar surface area (TPSA) is 62.8 Å². The maximum absolute atomic E-state index is 13.5. The first-order valence-corrected chi connectivity index (χ1v) is 10.7. The summed E-state index contributed by atoms with van der Waals surface area (Å²) < 4.78 is 11.2. The van der Waals surface area contributed by atoms with E-state index in [0.717, 1.165) is 60.8 Å². The maximum Gasteiger partial charge on any atom is 0.261 e. The third-order valence-corrected chi connectivity index (χ3v) is 6.37. The van der Waals surface area contributed by atoms with E-state index in [1.165, 1.54) is 25.7 Å². The third kappa shape index (κ3) is 3.29. The number of rotatable bonds is 3. The van der Waals surface area contributed by atoms with Crippen molar-refractivity contribution in [2.24, 2.45) is 0 Å². The van der Waals surface area contributed by atoms with Crippen LogP contribution in [0, 0.1) is 0 Å². The molecule has 28 heavy (non-hydrogen) atoms. The van der Waals surface area contributed by atoms with Crippen LogP contribution in [0.4, 0.5) is 11.4 Å². The Morgan fingerprint density at radius 2 is 1.86 bits per heavy atom. The lowest BCUT2D eigenvalue weighted by Crippen LogP contribution is -2.42. The van der Waals surface area contributed by atoms with Crippen molar-refractivity contribution in [1.82, 2.24) is 5.32 Å². The number of carbonyl (C=O) groups excluding carboxylic acids is 1. The van der Waals surface area contributed by atoms with Gasteiger partial charge in [0.05, 0.1) is 30.2 Å². The number of amides is 1. The molecular formula is C22H29N3O3. The van der Waals surface area contributed by atoms with Crippen LogP contribution in [-0.2, 0) is 14.3 Å². The Morgan fingerprint density at radius 3 is 2.61 bits per heavy atom. The Kier molecular flexibility index (Phi) is 4.99. The molecule has 1 aromatic rings. The lowest BCUT2D eigenvalue weighted by molar-refractivity contribution is -0.113. The number of nitrogens with one attached hydrogen (secondary N) is 2. The Bertz CT molecular complexity index is 771. The summed E-state index contributed by atoms with van der Waals surface area (Å²) in [7, 11) is 0. The molecule has 0 atom stereocenters. The molecule has 3 aliphatic heterocycles. The van der Waals surface area contributed by atoms with E-state index in [4.69, 9.17) is 9.47 Å². The minimum absolute atomic E-state index is 0.105. The molecule has 1 amide bonds. The van der Waals surface area contributed by atoms with Gasteiger partial charge < -0.3 is 25.0 Å². The highest BCUT2D eigenvalue weighted by Crippen LogP contribution is 2.42. The molecule has 0 spiro atoms. The SMILES string of the molecule is O=C1/C(=C2/COCCN2)c2cc(NC3CCCC3)ccc2N1C1CCOCC1. The van der Waals surface area contributed by atoms with E-state index in [1.807, 2.05) is 4.90 Å². The zero-order chi connectivity index (χ0) is 18.9. The fraction of sp³-hybridized carbons (Fsp3) is 0.591. The van der Waals surface area contributed by atoms with Gasteiger partial charge in [0, 0.05) is 43.1 Å². The van der Waals surface area contributed by atoms with E-state index in [1.54, 1.807) is 0 Å². The number of hydrogen-bond donors (Lipinski definition) is 2. The van der Waals surface area contributed by atoms with Crippen molar-refractivity contribution >= 4 is 22.9 Å². The summed E-state index contributed by atoms with van der Waals surface area (Å²) in [6.07, 6.45) is 6.84. The zero-order valence-corrected chi connectivity index (χ0v) is 16.3. The first-order chi connectivity index (χ1) is 13.8. The standard InChI is InChI=1S/C22H29N3O3/c26-22-21(19-14-28-12-9-23-19)18-13-16(24-15-3-1-2-4-15)5-6-20(18)25(22)17-7-10-27-11-8-17/h5-6,13,15,17,23-24H,1-4,7-12,14H2/b21-19-. The number of nitrogens with zero attached hydrogens (tertiary/aromatic N) is 1. The van der Waals surface area contributed by atoms with Gasteiger partial charge >= 0.3 is 0 Å². The predicted molar refractivity (Wildman–Crippen MR) is 109 cm³/mol. The summed E-state index contributed by atoms with van der Waals surface area (Å²) in [5, 5.41) is 7.09. The van der Waals surface area contributed by atoms with Crippen molar-refractivity contribution in [1.29, 1.82) is 0 Å². The first kappa shape index (κ1) is 18.0. The summed E-state index contributed by atoms with van der Waals surface area (Å²) in [6.45, 7) is 3.35. The van der Waals surface area contributed by atoms with E-state index in [2.05, 4.69) is 28.8 Å². The molecule has 0 radical (unpaired) electrons. The second-order valence-electron chi connectivity index (χ2n) is 8.21. The molecule has 3 fully saturated rings. The molecule has 0 aromatic heterocycles. The van der Waals surface area contributed by atoms with Crippen LogP contribution in [0.3, 0.4) is 0 Å². The van der Waals surface area contributed by atoms with Crippen LogP contribution < -0.4 is 15.5 Å². The monoisotopic (exact) mass is 383 g/mol. The lowest BCUT2D eigenvalue weighted by Gasteiger charge is -2.31. The van der Waals surface area contributed by atoms with Gasteiger partial charge in [-0.15, -0.1) is 0 Å². The number of benzene rings is 1. The Morgan fingerprint density at radius 1 is 1.04 bits per heavy atom. The smallest absolute Gasteiger partial charge is 0.261 e. The summed E-state index contributed by atoms with van der Waals surface area (Å²) >= 11 is 0. The van der Waals surface area contributed by atoms with Crippen molar-refractivity contribution in [3.8, 4) is 0 Å². The molecule has 0 bridgehead atoms. The Hall–Kier alpha value is -2.05. The average molecular weight is 383 g/mol. The van der Waals surface area contributed by atoms with Gasteiger partial charge in [-0.1, -0.05) is 12.8 Å². The molecule has 2 saturated heterocycles. The van der Waals surface area contributed by atoms with Gasteiger partial charge in [0.15, 0.2) is 0 Å². The van der Waals surface area contributed by atoms with Gasteiger partial charge in [0.25, 0.3) is 5.91 Å². The molecule has 2 N–H and O–H groups in total. The predicted octanol–water partition coefficient (Wildman–Crippen LogP) is 2.90. The third-order valence-electron chi connectivity index (χ3n) is 6.37.